The molecule has 0 radical (unpaired) electrons. The van der Waals surface area contributed by atoms with Crippen molar-refractivity contribution >= 4 is 23.4 Å². The number of morpholine rings is 1. The van der Waals surface area contributed by atoms with Gasteiger partial charge in [-0.05, 0) is 49.2 Å². The van der Waals surface area contributed by atoms with Crippen molar-refractivity contribution in [2.75, 3.05) is 62.8 Å². The van der Waals surface area contributed by atoms with Crippen LogP contribution in [0.25, 0.3) is 11.3 Å². The van der Waals surface area contributed by atoms with Gasteiger partial charge in [0.1, 0.15) is 12.4 Å². The van der Waals surface area contributed by atoms with Crippen LogP contribution in [-0.2, 0) is 4.74 Å². The van der Waals surface area contributed by atoms with Gasteiger partial charge in [-0.25, -0.2) is 9.78 Å². The highest BCUT2D eigenvalue weighted by Crippen LogP contribution is 2.31. The van der Waals surface area contributed by atoms with E-state index in [9.17, 15) is 4.79 Å². The van der Waals surface area contributed by atoms with E-state index in [0.717, 1.165) is 66.7 Å². The van der Waals surface area contributed by atoms with Gasteiger partial charge in [-0.15, -0.1) is 0 Å². The van der Waals surface area contributed by atoms with Gasteiger partial charge in [0.05, 0.1) is 19.4 Å². The van der Waals surface area contributed by atoms with E-state index in [4.69, 9.17) is 13.9 Å². The molecule has 2 N–H and O–H groups in total. The predicted octanol–water partition coefficient (Wildman–Crippen LogP) is 3.94. The Morgan fingerprint density at radius 2 is 1.97 bits per heavy atom. The number of carbonyl (C=O) groups excluding carboxylic acids is 1. The quantitative estimate of drug-likeness (QED) is 0.508. The van der Waals surface area contributed by atoms with Crippen LogP contribution in [0.2, 0.25) is 0 Å². The second-order valence-corrected chi connectivity index (χ2v) is 8.87. The van der Waals surface area contributed by atoms with Gasteiger partial charge in [0.15, 0.2) is 5.76 Å². The number of anilines is 3. The molecule has 2 amide bonds. The lowest BCUT2D eigenvalue weighted by Gasteiger charge is -2.26. The molecule has 0 unspecified atom stereocenters. The molecule has 2 saturated heterocycles. The number of hydrogen-bond donors (Lipinski definition) is 2. The zero-order chi connectivity index (χ0) is 24.2. The van der Waals surface area contributed by atoms with Crippen molar-refractivity contribution in [3.63, 3.8) is 0 Å². The van der Waals surface area contributed by atoms with Gasteiger partial charge in [-0.3, -0.25) is 9.80 Å². The Morgan fingerprint density at radius 1 is 1.11 bits per heavy atom. The number of carbonyl (C=O) groups is 1. The summed E-state index contributed by atoms with van der Waals surface area (Å²) in [4.78, 5) is 20.6. The zero-order valence-electron chi connectivity index (χ0n) is 20.2. The Balaban J connectivity index is 1.26. The van der Waals surface area contributed by atoms with Crippen molar-refractivity contribution in [1.82, 2.24) is 15.2 Å². The smallest absolute Gasteiger partial charge is 0.321 e. The number of aryl methyl sites for hydroxylation is 2. The van der Waals surface area contributed by atoms with Gasteiger partial charge in [-0.1, -0.05) is 6.07 Å². The lowest BCUT2D eigenvalue weighted by Crippen LogP contribution is -2.38. The molecule has 3 aromatic rings. The van der Waals surface area contributed by atoms with Gasteiger partial charge in [0, 0.05) is 55.7 Å². The molecular weight excluding hydrogens is 446 g/mol. The summed E-state index contributed by atoms with van der Waals surface area (Å²) < 4.78 is 17.4. The van der Waals surface area contributed by atoms with Crippen LogP contribution in [0.4, 0.5) is 22.2 Å². The van der Waals surface area contributed by atoms with Crippen molar-refractivity contribution in [2.24, 2.45) is 0 Å². The molecule has 0 aliphatic carbocycles. The van der Waals surface area contributed by atoms with Crippen LogP contribution in [0.3, 0.4) is 0 Å². The normalized spacial score (nSPS) is 16.4. The average molecular weight is 478 g/mol. The van der Waals surface area contributed by atoms with Crippen molar-refractivity contribution < 1.29 is 18.7 Å². The van der Waals surface area contributed by atoms with Gasteiger partial charge in [0.2, 0.25) is 0 Å². The van der Waals surface area contributed by atoms with Crippen LogP contribution in [0.1, 0.15) is 11.1 Å². The molecule has 5 rings (SSSR count). The standard InChI is InChI=1S/C26H31N5O4/c1-18-13-20(15-21(14-18)31-6-5-27-26(31)32)24-17-28-25(35-24)29-23-16-22(4-3-19(23)2)34-12-9-30-7-10-33-11-8-30/h3-4,13-17H,5-12H2,1-2H3,(H,27,32)(H,28,29). The molecule has 0 atom stereocenters. The number of hydrogen-bond acceptors (Lipinski definition) is 7. The fourth-order valence-corrected chi connectivity index (χ4v) is 4.30. The third-order valence-corrected chi connectivity index (χ3v) is 6.25. The first-order chi connectivity index (χ1) is 17.0. The van der Waals surface area contributed by atoms with Crippen LogP contribution < -0.4 is 20.3 Å². The molecule has 2 aliphatic rings. The van der Waals surface area contributed by atoms with Crippen molar-refractivity contribution in [3.05, 3.63) is 53.7 Å². The van der Waals surface area contributed by atoms with Crippen molar-refractivity contribution in [1.29, 1.82) is 0 Å². The predicted molar refractivity (Wildman–Crippen MR) is 135 cm³/mol. The monoisotopic (exact) mass is 477 g/mol. The summed E-state index contributed by atoms with van der Waals surface area (Å²) in [5.74, 6) is 1.43. The maximum absolute atomic E-state index is 12.1. The molecule has 35 heavy (non-hydrogen) atoms. The molecular formula is C26H31N5O4. The highest BCUT2D eigenvalue weighted by atomic mass is 16.5. The number of benzene rings is 2. The zero-order valence-corrected chi connectivity index (χ0v) is 20.2. The van der Waals surface area contributed by atoms with Crippen molar-refractivity contribution in [2.45, 2.75) is 13.8 Å². The first kappa shape index (κ1) is 23.2. The van der Waals surface area contributed by atoms with E-state index in [-0.39, 0.29) is 6.03 Å². The number of amides is 2. The van der Waals surface area contributed by atoms with Gasteiger partial charge in [0.25, 0.3) is 6.01 Å². The summed E-state index contributed by atoms with van der Waals surface area (Å²) >= 11 is 0. The number of nitrogens with zero attached hydrogens (tertiary/aromatic N) is 3. The fraction of sp³-hybridized carbons (Fsp3) is 0.385. The lowest BCUT2D eigenvalue weighted by atomic mass is 10.1. The molecule has 0 spiro atoms. The van der Waals surface area contributed by atoms with Gasteiger partial charge in [-0.2, -0.15) is 0 Å². The highest BCUT2D eigenvalue weighted by molar-refractivity contribution is 5.94. The maximum Gasteiger partial charge on any atom is 0.321 e. The van der Waals surface area contributed by atoms with E-state index >= 15 is 0 Å². The minimum atomic E-state index is -0.0796. The number of oxazole rings is 1. The first-order valence-corrected chi connectivity index (χ1v) is 12.0. The second-order valence-electron chi connectivity index (χ2n) is 8.87. The number of urea groups is 1. The first-order valence-electron chi connectivity index (χ1n) is 12.0. The Labute approximate surface area is 205 Å². The number of nitrogens with one attached hydrogen (secondary N) is 2. The molecule has 1 aromatic heterocycles. The lowest BCUT2D eigenvalue weighted by molar-refractivity contribution is 0.0322. The third-order valence-electron chi connectivity index (χ3n) is 6.25. The van der Waals surface area contributed by atoms with E-state index in [0.29, 0.717) is 31.5 Å². The van der Waals surface area contributed by atoms with E-state index in [1.165, 1.54) is 0 Å². The Kier molecular flexibility index (Phi) is 6.87. The maximum atomic E-state index is 12.1. The Hall–Kier alpha value is -3.56. The number of aromatic nitrogens is 1. The van der Waals surface area contributed by atoms with Crippen LogP contribution >= 0.6 is 0 Å². The van der Waals surface area contributed by atoms with Crippen molar-refractivity contribution in [3.8, 4) is 17.1 Å². The molecule has 9 heteroatoms. The Morgan fingerprint density at radius 3 is 2.77 bits per heavy atom. The van der Waals surface area contributed by atoms with Crippen LogP contribution in [0.5, 0.6) is 5.75 Å². The van der Waals surface area contributed by atoms with Crippen LogP contribution in [-0.4, -0.2) is 68.5 Å². The largest absolute Gasteiger partial charge is 0.492 e. The van der Waals surface area contributed by atoms with E-state index in [1.807, 2.05) is 50.2 Å². The molecule has 3 heterocycles. The topological polar surface area (TPSA) is 92.1 Å². The second kappa shape index (κ2) is 10.4. The highest BCUT2D eigenvalue weighted by Gasteiger charge is 2.22. The molecule has 184 valence electrons. The SMILES string of the molecule is Cc1cc(-c2cnc(Nc3cc(OCCN4CCOCC4)ccc3C)o2)cc(N2CCNC2=O)c1. The van der Waals surface area contributed by atoms with Gasteiger partial charge >= 0.3 is 6.03 Å². The molecule has 0 bridgehead atoms. The van der Waals surface area contributed by atoms with Gasteiger partial charge < -0.3 is 24.5 Å². The fourth-order valence-electron chi connectivity index (χ4n) is 4.30. The number of rotatable bonds is 8. The summed E-state index contributed by atoms with van der Waals surface area (Å²) in [5, 5.41) is 6.12. The summed E-state index contributed by atoms with van der Waals surface area (Å²) in [6.45, 7) is 10.3. The third kappa shape index (κ3) is 5.58. The van der Waals surface area contributed by atoms with Crippen LogP contribution in [0, 0.1) is 13.8 Å². The minimum absolute atomic E-state index is 0.0796. The summed E-state index contributed by atoms with van der Waals surface area (Å²) in [5.41, 5.74) is 4.70. The minimum Gasteiger partial charge on any atom is -0.492 e. The average Bonchev–Trinajstić information content (AvgIpc) is 3.50. The summed E-state index contributed by atoms with van der Waals surface area (Å²) in [6.07, 6.45) is 1.70. The Bertz CT molecular complexity index is 1190. The number of ether oxygens (including phenoxy) is 2. The van der Waals surface area contributed by atoms with E-state index in [2.05, 4.69) is 20.5 Å². The molecule has 2 aliphatic heterocycles. The molecule has 0 saturated carbocycles. The summed E-state index contributed by atoms with van der Waals surface area (Å²) in [7, 11) is 0. The van der Waals surface area contributed by atoms with E-state index in [1.54, 1.807) is 11.1 Å². The van der Waals surface area contributed by atoms with Crippen LogP contribution in [0.15, 0.2) is 47.0 Å². The molecule has 9 nitrogen and oxygen atoms in total. The molecule has 2 fully saturated rings. The van der Waals surface area contributed by atoms with E-state index < -0.39 is 0 Å². The summed E-state index contributed by atoms with van der Waals surface area (Å²) in [6, 6.07) is 12.3. The molecule has 2 aromatic carbocycles.